The SMILES string of the molecule is CC(CCl)CN1CC(C)(O)C1. The second-order valence-electron chi connectivity index (χ2n) is 3.93. The summed E-state index contributed by atoms with van der Waals surface area (Å²) in [6, 6.07) is 0. The van der Waals surface area contributed by atoms with Crippen LogP contribution in [0.3, 0.4) is 0 Å². The maximum Gasteiger partial charge on any atom is 0.0872 e. The van der Waals surface area contributed by atoms with Gasteiger partial charge in [-0.05, 0) is 12.8 Å². The molecule has 0 saturated carbocycles. The molecule has 1 aliphatic heterocycles. The Balaban J connectivity index is 2.13. The monoisotopic (exact) mass is 177 g/mol. The van der Waals surface area contributed by atoms with E-state index in [1.54, 1.807) is 0 Å². The van der Waals surface area contributed by atoms with Crippen LogP contribution >= 0.6 is 11.6 Å². The van der Waals surface area contributed by atoms with Crippen LogP contribution in [-0.4, -0.2) is 41.1 Å². The molecular formula is C8H16ClNO. The molecule has 1 N–H and O–H groups in total. The average Bonchev–Trinajstić information content (AvgIpc) is 1.83. The molecule has 1 atom stereocenters. The van der Waals surface area contributed by atoms with Crippen LogP contribution in [-0.2, 0) is 0 Å². The number of likely N-dealkylation sites (tertiary alicyclic amines) is 1. The van der Waals surface area contributed by atoms with Crippen molar-refractivity contribution in [1.82, 2.24) is 4.90 Å². The van der Waals surface area contributed by atoms with Gasteiger partial charge >= 0.3 is 0 Å². The van der Waals surface area contributed by atoms with Gasteiger partial charge in [0, 0.05) is 25.5 Å². The summed E-state index contributed by atoms with van der Waals surface area (Å²) in [6.45, 7) is 6.61. The molecule has 1 unspecified atom stereocenters. The molecule has 0 aromatic heterocycles. The lowest BCUT2D eigenvalue weighted by Gasteiger charge is -2.45. The zero-order valence-corrected chi connectivity index (χ0v) is 7.93. The third kappa shape index (κ3) is 2.62. The van der Waals surface area contributed by atoms with Crippen molar-refractivity contribution in [2.45, 2.75) is 19.4 Å². The molecule has 66 valence electrons. The molecule has 3 heteroatoms. The maximum atomic E-state index is 9.39. The van der Waals surface area contributed by atoms with E-state index in [2.05, 4.69) is 11.8 Å². The van der Waals surface area contributed by atoms with Gasteiger partial charge in [0.1, 0.15) is 0 Å². The van der Waals surface area contributed by atoms with Crippen molar-refractivity contribution >= 4 is 11.6 Å². The lowest BCUT2D eigenvalue weighted by molar-refractivity contribution is -0.0866. The van der Waals surface area contributed by atoms with E-state index in [1.807, 2.05) is 6.92 Å². The highest BCUT2D eigenvalue weighted by molar-refractivity contribution is 6.18. The molecule has 0 amide bonds. The third-order valence-electron chi connectivity index (χ3n) is 1.96. The topological polar surface area (TPSA) is 23.5 Å². The predicted octanol–water partition coefficient (Wildman–Crippen LogP) is 0.928. The minimum atomic E-state index is -0.438. The van der Waals surface area contributed by atoms with Crippen molar-refractivity contribution in [2.75, 3.05) is 25.5 Å². The Labute approximate surface area is 73.1 Å². The molecule has 0 spiro atoms. The lowest BCUT2D eigenvalue weighted by atomic mass is 9.96. The van der Waals surface area contributed by atoms with Crippen LogP contribution in [0.4, 0.5) is 0 Å². The van der Waals surface area contributed by atoms with Gasteiger partial charge in [-0.2, -0.15) is 0 Å². The van der Waals surface area contributed by atoms with Crippen LogP contribution in [0.15, 0.2) is 0 Å². The second kappa shape index (κ2) is 3.30. The van der Waals surface area contributed by atoms with Crippen molar-refractivity contribution < 1.29 is 5.11 Å². The van der Waals surface area contributed by atoms with Gasteiger partial charge in [0.2, 0.25) is 0 Å². The predicted molar refractivity (Wildman–Crippen MR) is 46.9 cm³/mol. The fourth-order valence-electron chi connectivity index (χ4n) is 1.54. The molecule has 1 fully saturated rings. The van der Waals surface area contributed by atoms with Crippen LogP contribution < -0.4 is 0 Å². The van der Waals surface area contributed by atoms with E-state index in [0.29, 0.717) is 11.8 Å². The van der Waals surface area contributed by atoms with Crippen molar-refractivity contribution in [2.24, 2.45) is 5.92 Å². The van der Waals surface area contributed by atoms with Crippen LogP contribution in [0.2, 0.25) is 0 Å². The molecule has 0 bridgehead atoms. The molecule has 1 heterocycles. The zero-order valence-electron chi connectivity index (χ0n) is 7.18. The highest BCUT2D eigenvalue weighted by atomic mass is 35.5. The summed E-state index contributed by atoms with van der Waals surface area (Å²) in [7, 11) is 0. The lowest BCUT2D eigenvalue weighted by Crippen LogP contribution is -2.60. The van der Waals surface area contributed by atoms with E-state index in [9.17, 15) is 5.11 Å². The van der Waals surface area contributed by atoms with Crippen LogP contribution in [0.25, 0.3) is 0 Å². The number of rotatable bonds is 3. The van der Waals surface area contributed by atoms with Gasteiger partial charge in [0.15, 0.2) is 0 Å². The zero-order chi connectivity index (χ0) is 8.48. The van der Waals surface area contributed by atoms with Gasteiger partial charge in [-0.3, -0.25) is 4.90 Å². The molecule has 1 rings (SSSR count). The maximum absolute atomic E-state index is 9.39. The molecule has 11 heavy (non-hydrogen) atoms. The Hall–Kier alpha value is 0.210. The number of hydrogen-bond donors (Lipinski definition) is 1. The van der Waals surface area contributed by atoms with E-state index in [0.717, 1.165) is 19.6 Å². The van der Waals surface area contributed by atoms with E-state index < -0.39 is 5.60 Å². The van der Waals surface area contributed by atoms with E-state index in [1.165, 1.54) is 0 Å². The number of aliphatic hydroxyl groups is 1. The molecule has 0 radical (unpaired) electrons. The minimum absolute atomic E-state index is 0.438. The molecule has 0 aromatic rings. The first-order valence-corrected chi connectivity index (χ1v) is 4.58. The van der Waals surface area contributed by atoms with Crippen LogP contribution in [0.5, 0.6) is 0 Å². The normalized spacial score (nSPS) is 26.2. The van der Waals surface area contributed by atoms with Gasteiger partial charge in [-0.25, -0.2) is 0 Å². The van der Waals surface area contributed by atoms with Gasteiger partial charge < -0.3 is 5.11 Å². The Bertz CT molecular complexity index is 130. The van der Waals surface area contributed by atoms with Gasteiger partial charge in [0.05, 0.1) is 5.60 Å². The second-order valence-corrected chi connectivity index (χ2v) is 4.23. The average molecular weight is 178 g/mol. The third-order valence-corrected chi connectivity index (χ3v) is 2.49. The van der Waals surface area contributed by atoms with Crippen molar-refractivity contribution in [1.29, 1.82) is 0 Å². The summed E-state index contributed by atoms with van der Waals surface area (Å²) in [4.78, 5) is 2.23. The summed E-state index contributed by atoms with van der Waals surface area (Å²) in [5.41, 5.74) is -0.438. The molecule has 1 aliphatic rings. The quantitative estimate of drug-likeness (QED) is 0.649. The molecule has 2 nitrogen and oxygen atoms in total. The number of nitrogens with zero attached hydrogens (tertiary/aromatic N) is 1. The van der Waals surface area contributed by atoms with Gasteiger partial charge in [0.25, 0.3) is 0 Å². The molecule has 1 saturated heterocycles. The number of β-amino-alcohol motifs (C(OH)–C–C–N with tert-alkyl or cyclic N) is 1. The first kappa shape index (κ1) is 9.30. The minimum Gasteiger partial charge on any atom is -0.388 e. The number of halogens is 1. The summed E-state index contributed by atoms with van der Waals surface area (Å²) in [6.07, 6.45) is 0. The number of alkyl halides is 1. The molecular weight excluding hydrogens is 162 g/mol. The van der Waals surface area contributed by atoms with Gasteiger partial charge in [-0.15, -0.1) is 11.6 Å². The molecule has 0 aromatic carbocycles. The largest absolute Gasteiger partial charge is 0.388 e. The fraction of sp³-hybridized carbons (Fsp3) is 1.00. The van der Waals surface area contributed by atoms with Crippen molar-refractivity contribution in [3.8, 4) is 0 Å². The van der Waals surface area contributed by atoms with Crippen molar-refractivity contribution in [3.05, 3.63) is 0 Å². The Morgan fingerprint density at radius 1 is 1.64 bits per heavy atom. The summed E-state index contributed by atoms with van der Waals surface area (Å²) < 4.78 is 0. The summed E-state index contributed by atoms with van der Waals surface area (Å²) in [5.74, 6) is 1.24. The summed E-state index contributed by atoms with van der Waals surface area (Å²) >= 11 is 5.66. The molecule has 0 aliphatic carbocycles. The highest BCUT2D eigenvalue weighted by Crippen LogP contribution is 2.20. The van der Waals surface area contributed by atoms with Gasteiger partial charge in [-0.1, -0.05) is 6.92 Å². The Morgan fingerprint density at radius 2 is 2.18 bits per heavy atom. The highest BCUT2D eigenvalue weighted by Gasteiger charge is 2.36. The Morgan fingerprint density at radius 3 is 2.55 bits per heavy atom. The van der Waals surface area contributed by atoms with E-state index in [-0.39, 0.29) is 0 Å². The van der Waals surface area contributed by atoms with E-state index >= 15 is 0 Å². The summed E-state index contributed by atoms with van der Waals surface area (Å²) in [5, 5.41) is 9.39. The van der Waals surface area contributed by atoms with E-state index in [4.69, 9.17) is 11.6 Å². The Kier molecular flexibility index (Phi) is 2.79. The standard InChI is InChI=1S/C8H16ClNO/c1-7(3-9)4-10-5-8(2,11)6-10/h7,11H,3-6H2,1-2H3. The van der Waals surface area contributed by atoms with Crippen LogP contribution in [0, 0.1) is 5.92 Å². The smallest absolute Gasteiger partial charge is 0.0872 e. The number of hydrogen-bond acceptors (Lipinski definition) is 2. The van der Waals surface area contributed by atoms with Crippen molar-refractivity contribution in [3.63, 3.8) is 0 Å². The first-order chi connectivity index (χ1) is 5.03. The van der Waals surface area contributed by atoms with Crippen LogP contribution in [0.1, 0.15) is 13.8 Å². The fourth-order valence-corrected chi connectivity index (χ4v) is 1.63. The first-order valence-electron chi connectivity index (χ1n) is 4.04.